The van der Waals surface area contributed by atoms with Crippen LogP contribution < -0.4 is 10.6 Å². The summed E-state index contributed by atoms with van der Waals surface area (Å²) in [6, 6.07) is 0.556. The molecule has 0 spiro atoms. The molecule has 0 radical (unpaired) electrons. The number of guanidine groups is 1. The van der Waals surface area contributed by atoms with Crippen molar-refractivity contribution < 1.29 is 0 Å². The second kappa shape index (κ2) is 10.9. The number of rotatable bonds is 7. The third-order valence-electron chi connectivity index (χ3n) is 5.66. The summed E-state index contributed by atoms with van der Waals surface area (Å²) in [5.41, 5.74) is 0.471. The van der Waals surface area contributed by atoms with Gasteiger partial charge in [-0.3, -0.25) is 9.89 Å². The summed E-state index contributed by atoms with van der Waals surface area (Å²) < 4.78 is 0. The van der Waals surface area contributed by atoms with E-state index < -0.39 is 0 Å². The zero-order chi connectivity index (χ0) is 17.6. The first-order chi connectivity index (χ1) is 11.4. The Bertz CT molecular complexity index is 409. The summed E-state index contributed by atoms with van der Waals surface area (Å²) in [5, 5.41) is 7.02. The van der Waals surface area contributed by atoms with Gasteiger partial charge in [-0.25, -0.2) is 0 Å². The lowest BCUT2D eigenvalue weighted by Crippen LogP contribution is -2.55. The van der Waals surface area contributed by atoms with Crippen LogP contribution >= 0.6 is 24.0 Å². The predicted molar refractivity (Wildman–Crippen MR) is 119 cm³/mol. The highest BCUT2D eigenvalue weighted by molar-refractivity contribution is 14.0. The van der Waals surface area contributed by atoms with Crippen LogP contribution in [0.25, 0.3) is 0 Å². The van der Waals surface area contributed by atoms with Gasteiger partial charge in [-0.2, -0.15) is 0 Å². The molecule has 148 valence electrons. The van der Waals surface area contributed by atoms with Gasteiger partial charge < -0.3 is 15.5 Å². The molecule has 1 heterocycles. The second-order valence-electron chi connectivity index (χ2n) is 8.42. The normalized spacial score (nSPS) is 24.6. The fraction of sp³-hybridized carbons (Fsp3) is 0.947. The molecular formula is C19H40IN5. The molecule has 1 unspecified atom stereocenters. The van der Waals surface area contributed by atoms with Gasteiger partial charge in [0.2, 0.25) is 0 Å². The number of halogens is 1. The molecule has 0 bridgehead atoms. The van der Waals surface area contributed by atoms with Crippen LogP contribution in [-0.4, -0.2) is 75.2 Å². The molecule has 5 nitrogen and oxygen atoms in total. The van der Waals surface area contributed by atoms with E-state index in [2.05, 4.69) is 55.3 Å². The van der Waals surface area contributed by atoms with Crippen LogP contribution in [0.5, 0.6) is 0 Å². The van der Waals surface area contributed by atoms with Gasteiger partial charge in [0.05, 0.1) is 0 Å². The van der Waals surface area contributed by atoms with E-state index in [1.54, 1.807) is 0 Å². The highest BCUT2D eigenvalue weighted by Crippen LogP contribution is 2.46. The zero-order valence-corrected chi connectivity index (χ0v) is 19.3. The Balaban J connectivity index is 0.00000312. The summed E-state index contributed by atoms with van der Waals surface area (Å²) in [7, 11) is 4.45. The first-order valence-electron chi connectivity index (χ1n) is 9.85. The van der Waals surface area contributed by atoms with Crippen molar-refractivity contribution in [3.8, 4) is 0 Å². The summed E-state index contributed by atoms with van der Waals surface area (Å²) in [5.74, 6) is 1.76. The average molecular weight is 465 g/mol. The molecule has 6 heteroatoms. The van der Waals surface area contributed by atoms with Crippen LogP contribution in [0, 0.1) is 11.3 Å². The van der Waals surface area contributed by atoms with E-state index in [-0.39, 0.29) is 24.0 Å². The zero-order valence-electron chi connectivity index (χ0n) is 17.0. The first kappa shape index (κ1) is 23.0. The van der Waals surface area contributed by atoms with E-state index in [1.807, 2.05) is 0 Å². The van der Waals surface area contributed by atoms with E-state index >= 15 is 0 Å². The minimum absolute atomic E-state index is 0. The minimum Gasteiger partial charge on any atom is -0.357 e. The fourth-order valence-electron chi connectivity index (χ4n) is 4.09. The molecule has 1 aliphatic heterocycles. The molecule has 1 saturated heterocycles. The van der Waals surface area contributed by atoms with Crippen LogP contribution in [0.2, 0.25) is 0 Å². The molecule has 2 aliphatic rings. The van der Waals surface area contributed by atoms with Crippen LogP contribution in [0.4, 0.5) is 0 Å². The number of nitrogens with zero attached hydrogens (tertiary/aromatic N) is 3. The Morgan fingerprint density at radius 3 is 2.48 bits per heavy atom. The first-order valence-corrected chi connectivity index (χ1v) is 9.85. The van der Waals surface area contributed by atoms with Crippen molar-refractivity contribution in [2.75, 3.05) is 53.4 Å². The standard InChI is InChI=1S/C19H39N5.HI/c1-6-20-18(21-13-17-14-23(4)10-11-24(17)5)22-15-19(8-7-9-19)12-16(2)3;/h16-17H,6-15H2,1-5H3,(H2,20,21,22);1H. The molecule has 2 N–H and O–H groups in total. The minimum atomic E-state index is 0. The molecule has 0 aromatic heterocycles. The van der Waals surface area contributed by atoms with E-state index in [0.29, 0.717) is 11.5 Å². The van der Waals surface area contributed by atoms with Crippen molar-refractivity contribution in [2.45, 2.75) is 52.5 Å². The van der Waals surface area contributed by atoms with Crippen LogP contribution in [0.1, 0.15) is 46.5 Å². The van der Waals surface area contributed by atoms with Gasteiger partial charge in [0, 0.05) is 45.3 Å². The number of nitrogens with one attached hydrogen (secondary N) is 2. The monoisotopic (exact) mass is 465 g/mol. The number of hydrogen-bond acceptors (Lipinski definition) is 3. The van der Waals surface area contributed by atoms with Gasteiger partial charge in [0.1, 0.15) is 0 Å². The van der Waals surface area contributed by atoms with Crippen LogP contribution in [0.15, 0.2) is 4.99 Å². The van der Waals surface area contributed by atoms with Crippen molar-refractivity contribution in [3.05, 3.63) is 0 Å². The van der Waals surface area contributed by atoms with Crippen molar-refractivity contribution >= 4 is 29.9 Å². The molecule has 25 heavy (non-hydrogen) atoms. The van der Waals surface area contributed by atoms with Gasteiger partial charge in [-0.15, -0.1) is 24.0 Å². The van der Waals surface area contributed by atoms with Gasteiger partial charge >= 0.3 is 0 Å². The van der Waals surface area contributed by atoms with Gasteiger partial charge in [0.15, 0.2) is 5.96 Å². The maximum atomic E-state index is 4.95. The molecule has 2 fully saturated rings. The highest BCUT2D eigenvalue weighted by Gasteiger charge is 2.37. The van der Waals surface area contributed by atoms with E-state index in [4.69, 9.17) is 4.99 Å². The molecule has 1 saturated carbocycles. The third kappa shape index (κ3) is 7.21. The Morgan fingerprint density at radius 1 is 1.20 bits per heavy atom. The van der Waals surface area contributed by atoms with E-state index in [1.165, 1.54) is 32.2 Å². The third-order valence-corrected chi connectivity index (χ3v) is 5.66. The number of likely N-dealkylation sites (N-methyl/N-ethyl adjacent to an activating group) is 2. The van der Waals surface area contributed by atoms with Crippen LogP contribution in [0.3, 0.4) is 0 Å². The lowest BCUT2D eigenvalue weighted by Gasteiger charge is -2.42. The maximum absolute atomic E-state index is 4.95. The quantitative estimate of drug-likeness (QED) is 0.345. The Morgan fingerprint density at radius 2 is 1.92 bits per heavy atom. The van der Waals surface area contributed by atoms with Crippen molar-refractivity contribution in [2.24, 2.45) is 16.3 Å². The smallest absolute Gasteiger partial charge is 0.191 e. The molecule has 0 aromatic rings. The molecule has 1 aliphatic carbocycles. The Labute approximate surface area is 172 Å². The summed E-state index contributed by atoms with van der Waals surface area (Å²) in [4.78, 5) is 9.83. The van der Waals surface area contributed by atoms with Gasteiger partial charge in [-0.1, -0.05) is 20.3 Å². The van der Waals surface area contributed by atoms with Gasteiger partial charge in [-0.05, 0) is 51.6 Å². The van der Waals surface area contributed by atoms with E-state index in [0.717, 1.165) is 44.6 Å². The average Bonchev–Trinajstić information content (AvgIpc) is 2.49. The van der Waals surface area contributed by atoms with Gasteiger partial charge in [0.25, 0.3) is 0 Å². The molecule has 0 amide bonds. The molecule has 0 aromatic carbocycles. The summed E-state index contributed by atoms with van der Waals surface area (Å²) >= 11 is 0. The SMILES string of the molecule is CCNC(=NCC1(CC(C)C)CCC1)NCC1CN(C)CCN1C.I. The van der Waals surface area contributed by atoms with E-state index in [9.17, 15) is 0 Å². The predicted octanol–water partition coefficient (Wildman–Crippen LogP) is 2.62. The topological polar surface area (TPSA) is 42.9 Å². The number of hydrogen-bond donors (Lipinski definition) is 2. The number of aliphatic imine (C=N–C) groups is 1. The van der Waals surface area contributed by atoms with Crippen molar-refractivity contribution in [1.82, 2.24) is 20.4 Å². The molecule has 2 rings (SSSR count). The summed E-state index contributed by atoms with van der Waals surface area (Å²) in [6.45, 7) is 13.1. The summed E-state index contributed by atoms with van der Waals surface area (Å²) in [6.07, 6.45) is 5.39. The molecular weight excluding hydrogens is 425 g/mol. The highest BCUT2D eigenvalue weighted by atomic mass is 127. The largest absolute Gasteiger partial charge is 0.357 e. The lowest BCUT2D eigenvalue weighted by molar-refractivity contribution is 0.111. The van der Waals surface area contributed by atoms with Crippen molar-refractivity contribution in [1.29, 1.82) is 0 Å². The Kier molecular flexibility index (Phi) is 10.0. The van der Waals surface area contributed by atoms with Crippen molar-refractivity contribution in [3.63, 3.8) is 0 Å². The Hall–Kier alpha value is -0.0800. The second-order valence-corrected chi connectivity index (χ2v) is 8.42. The lowest BCUT2D eigenvalue weighted by atomic mass is 9.64. The number of piperazine rings is 1. The maximum Gasteiger partial charge on any atom is 0.191 e. The molecule has 1 atom stereocenters. The van der Waals surface area contributed by atoms with Crippen LogP contribution in [-0.2, 0) is 0 Å². The fourth-order valence-corrected chi connectivity index (χ4v) is 4.09.